The summed E-state index contributed by atoms with van der Waals surface area (Å²) in [5, 5.41) is 3.08. The summed E-state index contributed by atoms with van der Waals surface area (Å²) < 4.78 is 5.55. The van der Waals surface area contributed by atoms with Gasteiger partial charge in [0.1, 0.15) is 0 Å². The summed E-state index contributed by atoms with van der Waals surface area (Å²) in [7, 11) is 1.70. The van der Waals surface area contributed by atoms with E-state index in [-0.39, 0.29) is 12.1 Å². The zero-order chi connectivity index (χ0) is 17.2. The van der Waals surface area contributed by atoms with Crippen LogP contribution in [0.25, 0.3) is 0 Å². The van der Waals surface area contributed by atoms with Crippen LogP contribution in [0.2, 0.25) is 0 Å². The molecule has 5 heteroatoms. The molecule has 25 heavy (non-hydrogen) atoms. The zero-order valence-corrected chi connectivity index (χ0v) is 15.1. The molecule has 5 nitrogen and oxygen atoms in total. The van der Waals surface area contributed by atoms with Crippen LogP contribution >= 0.6 is 0 Å². The second kappa shape index (κ2) is 7.34. The van der Waals surface area contributed by atoms with E-state index in [0.717, 1.165) is 18.7 Å². The zero-order valence-electron chi connectivity index (χ0n) is 15.1. The molecule has 0 spiro atoms. The maximum absolute atomic E-state index is 12.6. The highest BCUT2D eigenvalue weighted by atomic mass is 16.5. The van der Waals surface area contributed by atoms with Crippen molar-refractivity contribution in [2.24, 2.45) is 11.8 Å². The van der Waals surface area contributed by atoms with E-state index in [1.54, 1.807) is 7.11 Å². The molecule has 2 amide bonds. The summed E-state index contributed by atoms with van der Waals surface area (Å²) in [6, 6.07) is 10.9. The van der Waals surface area contributed by atoms with Gasteiger partial charge in [0.2, 0.25) is 0 Å². The number of carbonyl (C=O) groups excluding carboxylic acids is 1. The van der Waals surface area contributed by atoms with Crippen molar-refractivity contribution in [3.63, 3.8) is 0 Å². The van der Waals surface area contributed by atoms with E-state index in [1.165, 1.54) is 32.4 Å². The second-order valence-electron chi connectivity index (χ2n) is 7.71. The number of nitrogens with zero attached hydrogens (tertiary/aromatic N) is 2. The van der Waals surface area contributed by atoms with Crippen molar-refractivity contribution in [3.8, 4) is 0 Å². The number of nitrogens with one attached hydrogen (secondary N) is 1. The Morgan fingerprint density at radius 1 is 1.24 bits per heavy atom. The molecule has 3 aliphatic heterocycles. The topological polar surface area (TPSA) is 44.8 Å². The molecule has 4 rings (SSSR count). The molecule has 0 bridgehead atoms. The number of rotatable bonds is 4. The SMILES string of the molecule is CO[C@H](CNC(=O)N1C[C@@H]2CN3CCCC[C@@H]3[C@H]2C1)c1ccccc1. The van der Waals surface area contributed by atoms with Crippen molar-refractivity contribution in [2.45, 2.75) is 31.4 Å². The number of amides is 2. The summed E-state index contributed by atoms with van der Waals surface area (Å²) in [4.78, 5) is 17.3. The number of ether oxygens (including phenoxy) is 1. The first-order chi connectivity index (χ1) is 12.3. The van der Waals surface area contributed by atoms with Crippen LogP contribution in [0.5, 0.6) is 0 Å². The van der Waals surface area contributed by atoms with E-state index < -0.39 is 0 Å². The van der Waals surface area contributed by atoms with Crippen molar-refractivity contribution in [1.82, 2.24) is 15.1 Å². The number of urea groups is 1. The van der Waals surface area contributed by atoms with Gasteiger partial charge in [0, 0.05) is 39.3 Å². The highest BCUT2D eigenvalue weighted by molar-refractivity contribution is 5.74. The number of piperidine rings is 1. The summed E-state index contributed by atoms with van der Waals surface area (Å²) in [5.74, 6) is 1.35. The van der Waals surface area contributed by atoms with E-state index in [1.807, 2.05) is 35.2 Å². The lowest BCUT2D eigenvalue weighted by Gasteiger charge is -2.33. The largest absolute Gasteiger partial charge is 0.375 e. The van der Waals surface area contributed by atoms with Gasteiger partial charge < -0.3 is 15.0 Å². The molecule has 3 fully saturated rings. The summed E-state index contributed by atoms with van der Waals surface area (Å²) >= 11 is 0. The first kappa shape index (κ1) is 16.9. The van der Waals surface area contributed by atoms with Gasteiger partial charge in [0.25, 0.3) is 0 Å². The Morgan fingerprint density at radius 2 is 2.08 bits per heavy atom. The number of carbonyl (C=O) groups is 1. The molecule has 1 N–H and O–H groups in total. The number of hydrogen-bond acceptors (Lipinski definition) is 3. The van der Waals surface area contributed by atoms with Crippen molar-refractivity contribution in [1.29, 1.82) is 0 Å². The molecule has 3 heterocycles. The smallest absolute Gasteiger partial charge is 0.317 e. The molecule has 1 aromatic rings. The number of fused-ring (bicyclic) bond motifs is 3. The first-order valence-electron chi connectivity index (χ1n) is 9.61. The van der Waals surface area contributed by atoms with Crippen LogP contribution in [0.1, 0.15) is 30.9 Å². The summed E-state index contributed by atoms with van der Waals surface area (Å²) in [6.07, 6.45) is 3.92. The molecule has 4 atom stereocenters. The minimum Gasteiger partial charge on any atom is -0.375 e. The highest BCUT2D eigenvalue weighted by Crippen LogP contribution is 2.40. The quantitative estimate of drug-likeness (QED) is 0.914. The molecule has 0 radical (unpaired) electrons. The minimum absolute atomic E-state index is 0.0646. The monoisotopic (exact) mass is 343 g/mol. The van der Waals surface area contributed by atoms with E-state index in [9.17, 15) is 4.79 Å². The van der Waals surface area contributed by atoms with Crippen molar-refractivity contribution < 1.29 is 9.53 Å². The van der Waals surface area contributed by atoms with Crippen LogP contribution in [-0.4, -0.2) is 61.7 Å². The van der Waals surface area contributed by atoms with E-state index in [4.69, 9.17) is 4.74 Å². The van der Waals surface area contributed by atoms with Crippen molar-refractivity contribution >= 4 is 6.03 Å². The molecule has 0 unspecified atom stereocenters. The molecular formula is C20H29N3O2. The third-order valence-electron chi connectivity index (χ3n) is 6.30. The lowest BCUT2D eigenvalue weighted by molar-refractivity contribution is 0.101. The second-order valence-corrected chi connectivity index (χ2v) is 7.71. The van der Waals surface area contributed by atoms with Crippen LogP contribution in [0.4, 0.5) is 4.79 Å². The summed E-state index contributed by atoms with van der Waals surface area (Å²) in [6.45, 7) is 4.79. The Kier molecular flexibility index (Phi) is 4.95. The molecule has 3 aliphatic rings. The molecule has 136 valence electrons. The Balaban J connectivity index is 1.31. The van der Waals surface area contributed by atoms with E-state index in [2.05, 4.69) is 10.2 Å². The standard InChI is InChI=1S/C20H29N3O2/c1-25-19(15-7-3-2-4-8-15)11-21-20(24)23-13-16-12-22-10-6-5-9-18(22)17(16)14-23/h2-4,7-8,16-19H,5-6,9-14H2,1H3,(H,21,24)/t16-,17-,18+,19+/m0/s1. The fourth-order valence-corrected chi connectivity index (χ4v) is 5.02. The van der Waals surface area contributed by atoms with Gasteiger partial charge >= 0.3 is 6.03 Å². The average molecular weight is 343 g/mol. The van der Waals surface area contributed by atoms with E-state index in [0.29, 0.717) is 24.4 Å². The van der Waals surface area contributed by atoms with Gasteiger partial charge in [0.15, 0.2) is 0 Å². The fraction of sp³-hybridized carbons (Fsp3) is 0.650. The lowest BCUT2D eigenvalue weighted by Crippen LogP contribution is -2.44. The van der Waals surface area contributed by atoms with Gasteiger partial charge in [-0.2, -0.15) is 0 Å². The maximum atomic E-state index is 12.6. The number of likely N-dealkylation sites (tertiary alicyclic amines) is 1. The normalized spacial score (nSPS) is 30.0. The Bertz CT molecular complexity index is 594. The lowest BCUT2D eigenvalue weighted by atomic mass is 9.90. The van der Waals surface area contributed by atoms with Gasteiger partial charge in [-0.15, -0.1) is 0 Å². The molecule has 0 aliphatic carbocycles. The Hall–Kier alpha value is -1.59. The highest BCUT2D eigenvalue weighted by Gasteiger charge is 2.48. The number of benzene rings is 1. The first-order valence-corrected chi connectivity index (χ1v) is 9.61. The number of hydrogen-bond donors (Lipinski definition) is 1. The molecule has 1 aromatic carbocycles. The van der Waals surface area contributed by atoms with Crippen LogP contribution < -0.4 is 5.32 Å². The van der Waals surface area contributed by atoms with Crippen LogP contribution in [0.3, 0.4) is 0 Å². The Labute approximate surface area is 150 Å². The predicted molar refractivity (Wildman–Crippen MR) is 97.4 cm³/mol. The molecule has 0 saturated carbocycles. The van der Waals surface area contributed by atoms with E-state index >= 15 is 0 Å². The number of methoxy groups -OCH3 is 1. The molecular weight excluding hydrogens is 314 g/mol. The Morgan fingerprint density at radius 3 is 2.88 bits per heavy atom. The van der Waals surface area contributed by atoms with Crippen LogP contribution in [0.15, 0.2) is 30.3 Å². The van der Waals surface area contributed by atoms with Crippen molar-refractivity contribution in [3.05, 3.63) is 35.9 Å². The molecule has 0 aromatic heterocycles. The van der Waals surface area contributed by atoms with Gasteiger partial charge in [-0.25, -0.2) is 4.79 Å². The van der Waals surface area contributed by atoms with Crippen LogP contribution in [0, 0.1) is 11.8 Å². The van der Waals surface area contributed by atoms with Gasteiger partial charge in [-0.1, -0.05) is 36.8 Å². The summed E-state index contributed by atoms with van der Waals surface area (Å²) in [5.41, 5.74) is 1.10. The van der Waals surface area contributed by atoms with Gasteiger partial charge in [-0.3, -0.25) is 4.90 Å². The average Bonchev–Trinajstić information content (AvgIpc) is 3.21. The van der Waals surface area contributed by atoms with Gasteiger partial charge in [-0.05, 0) is 36.8 Å². The third kappa shape index (κ3) is 3.40. The molecule has 3 saturated heterocycles. The maximum Gasteiger partial charge on any atom is 0.317 e. The van der Waals surface area contributed by atoms with Gasteiger partial charge in [0.05, 0.1) is 6.10 Å². The predicted octanol–water partition coefficient (Wildman–Crippen LogP) is 2.50. The van der Waals surface area contributed by atoms with Crippen molar-refractivity contribution in [2.75, 3.05) is 39.8 Å². The minimum atomic E-state index is -0.0962. The fourth-order valence-electron chi connectivity index (χ4n) is 5.02. The van der Waals surface area contributed by atoms with Crippen LogP contribution in [-0.2, 0) is 4.74 Å². The third-order valence-corrected chi connectivity index (χ3v) is 6.30.